The van der Waals surface area contributed by atoms with E-state index in [4.69, 9.17) is 5.41 Å². The molecule has 0 radical (unpaired) electrons. The molecule has 3 atom stereocenters. The van der Waals surface area contributed by atoms with Crippen LogP contribution in [-0.2, 0) is 28.9 Å². The lowest BCUT2D eigenvalue weighted by molar-refractivity contribution is -0.124. The first kappa shape index (κ1) is 31.7. The van der Waals surface area contributed by atoms with E-state index in [2.05, 4.69) is 35.0 Å². The molecule has 0 spiro atoms. The number of nitrogens with zero attached hydrogens (tertiary/aromatic N) is 2. The number of carbonyl (C=O) groups excluding carboxylic acids is 3. The molecule has 2 aromatic rings. The standard InChI is InChI=1S/C35H43FN6O4/c1-19(2)28-18-42(34(45)39-28)35(15-21-4-11-26(36)12-5-21)16-24-10-13-27(14-25(24)17-35)38-33(44)31(29(22-6-7-22)23-8-9-23)40-32(43)30(41-46)20(3)37/h4-5,10-14,19,22-23,28-29,31,37,46H,6-9,15-18H2,1-3H3,(H,38,44)(H,39,45)(H,40,43)/b37-20?,41-30+/t28-,31-,35?/m0/s1. The van der Waals surface area contributed by atoms with Gasteiger partial charge in [-0.1, -0.05) is 37.2 Å². The van der Waals surface area contributed by atoms with Crippen LogP contribution in [0.25, 0.3) is 0 Å². The van der Waals surface area contributed by atoms with E-state index in [0.29, 0.717) is 43.3 Å². The topological polar surface area (TPSA) is 147 Å². The number of hydrogen-bond acceptors (Lipinski definition) is 6. The molecule has 3 aliphatic carbocycles. The molecule has 1 saturated heterocycles. The number of halogens is 1. The summed E-state index contributed by atoms with van der Waals surface area (Å²) in [6, 6.07) is 11.3. The van der Waals surface area contributed by atoms with Crippen LogP contribution >= 0.6 is 0 Å². The van der Waals surface area contributed by atoms with Crippen LogP contribution in [0.2, 0.25) is 0 Å². The Morgan fingerprint density at radius 1 is 1.09 bits per heavy atom. The molecule has 1 aliphatic heterocycles. The highest BCUT2D eigenvalue weighted by Gasteiger charge is 2.50. The third kappa shape index (κ3) is 6.50. The monoisotopic (exact) mass is 630 g/mol. The number of nitrogens with one attached hydrogen (secondary N) is 4. The summed E-state index contributed by atoms with van der Waals surface area (Å²) in [6.07, 6.45) is 5.77. The van der Waals surface area contributed by atoms with Crippen LogP contribution in [0.5, 0.6) is 0 Å². The quantitative estimate of drug-likeness (QED) is 0.132. The molecule has 1 heterocycles. The molecule has 46 heavy (non-hydrogen) atoms. The van der Waals surface area contributed by atoms with E-state index in [1.54, 1.807) is 12.1 Å². The Morgan fingerprint density at radius 3 is 2.30 bits per heavy atom. The van der Waals surface area contributed by atoms with E-state index in [9.17, 15) is 24.0 Å². The van der Waals surface area contributed by atoms with Gasteiger partial charge in [0.05, 0.1) is 17.3 Å². The Kier molecular flexibility index (Phi) is 8.60. The third-order valence-corrected chi connectivity index (χ3v) is 10.2. The summed E-state index contributed by atoms with van der Waals surface area (Å²) in [5.74, 6) is -0.473. The smallest absolute Gasteiger partial charge is 0.318 e. The number of rotatable bonds is 12. The van der Waals surface area contributed by atoms with Crippen molar-refractivity contribution < 1.29 is 24.0 Å². The van der Waals surface area contributed by atoms with Crippen molar-refractivity contribution in [1.29, 1.82) is 5.41 Å². The molecule has 5 N–H and O–H groups in total. The van der Waals surface area contributed by atoms with Crippen LogP contribution < -0.4 is 16.0 Å². The zero-order valence-corrected chi connectivity index (χ0v) is 26.6. The van der Waals surface area contributed by atoms with Gasteiger partial charge in [0.1, 0.15) is 11.9 Å². The van der Waals surface area contributed by atoms with Gasteiger partial charge in [-0.15, -0.1) is 0 Å². The number of fused-ring (bicyclic) bond motifs is 1. The molecule has 10 nitrogen and oxygen atoms in total. The molecule has 2 saturated carbocycles. The first-order valence-electron chi connectivity index (χ1n) is 16.3. The Morgan fingerprint density at radius 2 is 1.74 bits per heavy atom. The minimum atomic E-state index is -0.837. The number of oxime groups is 1. The van der Waals surface area contributed by atoms with Gasteiger partial charge < -0.3 is 31.5 Å². The van der Waals surface area contributed by atoms with Crippen molar-refractivity contribution in [1.82, 2.24) is 15.5 Å². The van der Waals surface area contributed by atoms with Gasteiger partial charge in [0.15, 0.2) is 5.71 Å². The van der Waals surface area contributed by atoms with E-state index in [1.807, 2.05) is 23.1 Å². The van der Waals surface area contributed by atoms with Gasteiger partial charge >= 0.3 is 6.03 Å². The number of hydrogen-bond donors (Lipinski definition) is 5. The predicted molar refractivity (Wildman–Crippen MR) is 173 cm³/mol. The Bertz CT molecular complexity index is 1560. The highest BCUT2D eigenvalue weighted by Crippen LogP contribution is 2.51. The zero-order chi connectivity index (χ0) is 32.7. The predicted octanol–water partition coefficient (Wildman–Crippen LogP) is 4.68. The largest absolute Gasteiger partial charge is 0.410 e. The molecule has 6 rings (SSSR count). The van der Waals surface area contributed by atoms with Crippen LogP contribution in [0.4, 0.5) is 14.9 Å². The first-order valence-corrected chi connectivity index (χ1v) is 16.3. The molecule has 4 aliphatic rings. The van der Waals surface area contributed by atoms with Gasteiger partial charge in [0.2, 0.25) is 5.91 Å². The lowest BCUT2D eigenvalue weighted by atomic mass is 9.85. The van der Waals surface area contributed by atoms with Crippen molar-refractivity contribution in [2.45, 2.75) is 83.3 Å². The second-order valence-electron chi connectivity index (χ2n) is 14.0. The van der Waals surface area contributed by atoms with Crippen molar-refractivity contribution >= 4 is 35.0 Å². The number of benzene rings is 2. The van der Waals surface area contributed by atoms with Gasteiger partial charge in [0.25, 0.3) is 5.91 Å². The number of urea groups is 1. The fourth-order valence-electron chi connectivity index (χ4n) is 7.50. The minimum absolute atomic E-state index is 0.0296. The summed E-state index contributed by atoms with van der Waals surface area (Å²) >= 11 is 0. The molecular weight excluding hydrogens is 587 g/mol. The SMILES string of the molecule is CC(=N)/C(=N\O)C(=O)N[C@H](C(=O)Nc1ccc2c(c1)CC(Cc1ccc(F)cc1)(N1C[C@@H](C(C)C)NC1=O)C2)C(C1CC1)C1CC1. The van der Waals surface area contributed by atoms with E-state index in [0.717, 1.165) is 42.4 Å². The molecule has 11 heteroatoms. The number of anilines is 1. The van der Waals surface area contributed by atoms with Crippen molar-refractivity contribution in [3.8, 4) is 0 Å². The normalized spacial score (nSPS) is 23.3. The van der Waals surface area contributed by atoms with Gasteiger partial charge in [0, 0.05) is 12.2 Å². The maximum Gasteiger partial charge on any atom is 0.318 e. The van der Waals surface area contributed by atoms with E-state index in [1.165, 1.54) is 19.1 Å². The molecule has 0 bridgehead atoms. The molecule has 244 valence electrons. The summed E-state index contributed by atoms with van der Waals surface area (Å²) in [6.45, 7) is 6.12. The van der Waals surface area contributed by atoms with Crippen LogP contribution in [-0.4, -0.2) is 63.5 Å². The summed E-state index contributed by atoms with van der Waals surface area (Å²) in [7, 11) is 0. The van der Waals surface area contributed by atoms with Crippen molar-refractivity contribution in [2.75, 3.05) is 11.9 Å². The van der Waals surface area contributed by atoms with Crippen molar-refractivity contribution in [3.63, 3.8) is 0 Å². The van der Waals surface area contributed by atoms with Gasteiger partial charge in [-0.25, -0.2) is 9.18 Å². The van der Waals surface area contributed by atoms with E-state index in [-0.39, 0.29) is 41.3 Å². The highest BCUT2D eigenvalue weighted by atomic mass is 19.1. The fourth-order valence-corrected chi connectivity index (χ4v) is 7.50. The van der Waals surface area contributed by atoms with E-state index < -0.39 is 23.2 Å². The van der Waals surface area contributed by atoms with Crippen molar-refractivity contribution in [2.24, 2.45) is 28.8 Å². The van der Waals surface area contributed by atoms with Crippen LogP contribution in [0.15, 0.2) is 47.6 Å². The minimum Gasteiger partial charge on any atom is -0.410 e. The highest BCUT2D eigenvalue weighted by molar-refractivity contribution is 6.65. The Hall–Kier alpha value is -4.28. The summed E-state index contributed by atoms with van der Waals surface area (Å²) in [5.41, 5.74) is 2.49. The molecule has 2 aromatic carbocycles. The lowest BCUT2D eigenvalue weighted by Gasteiger charge is -2.38. The summed E-state index contributed by atoms with van der Waals surface area (Å²) in [5, 5.41) is 29.2. The van der Waals surface area contributed by atoms with Crippen LogP contribution in [0.3, 0.4) is 0 Å². The molecule has 3 fully saturated rings. The van der Waals surface area contributed by atoms with Crippen molar-refractivity contribution in [3.05, 3.63) is 65.0 Å². The van der Waals surface area contributed by atoms with Gasteiger partial charge in [-0.3, -0.25) is 9.59 Å². The fraction of sp³-hybridized carbons (Fsp3) is 0.514. The van der Waals surface area contributed by atoms with Crippen LogP contribution in [0.1, 0.15) is 63.1 Å². The Balaban J connectivity index is 1.25. The maximum atomic E-state index is 13.9. The van der Waals surface area contributed by atoms with E-state index >= 15 is 0 Å². The number of carbonyl (C=O) groups is 3. The second-order valence-corrected chi connectivity index (χ2v) is 14.0. The molecular formula is C35H43FN6O4. The van der Waals surface area contributed by atoms with Gasteiger partial charge in [-0.2, -0.15) is 0 Å². The average molecular weight is 631 g/mol. The average Bonchev–Trinajstić information content (AvgIpc) is 3.94. The lowest BCUT2D eigenvalue weighted by Crippen LogP contribution is -2.53. The Labute approximate surface area is 268 Å². The van der Waals surface area contributed by atoms with Gasteiger partial charge in [-0.05, 0) is 116 Å². The summed E-state index contributed by atoms with van der Waals surface area (Å²) < 4.78 is 13.8. The molecule has 0 aromatic heterocycles. The zero-order valence-electron chi connectivity index (χ0n) is 26.6. The summed E-state index contributed by atoms with van der Waals surface area (Å²) in [4.78, 5) is 42.2. The maximum absolute atomic E-state index is 13.9. The first-order chi connectivity index (χ1) is 22.0. The third-order valence-electron chi connectivity index (χ3n) is 10.2. The second kappa shape index (κ2) is 12.5. The molecule has 1 unspecified atom stereocenters. The van der Waals surface area contributed by atoms with Crippen LogP contribution in [0, 0.1) is 34.9 Å². The number of amides is 4. The molecule has 4 amide bonds.